The average molecular weight is 286 g/mol. The van der Waals surface area contributed by atoms with Crippen molar-refractivity contribution in [2.45, 2.75) is 19.9 Å². The number of nitrogens with zero attached hydrogens (tertiary/aromatic N) is 2. The van der Waals surface area contributed by atoms with Crippen LogP contribution in [-0.4, -0.2) is 34.2 Å². The van der Waals surface area contributed by atoms with E-state index in [4.69, 9.17) is 0 Å². The zero-order valence-electron chi connectivity index (χ0n) is 12.0. The summed E-state index contributed by atoms with van der Waals surface area (Å²) in [6.45, 7) is 4.03. The van der Waals surface area contributed by atoms with Gasteiger partial charge in [-0.2, -0.15) is 5.10 Å². The molecule has 0 radical (unpaired) electrons. The van der Waals surface area contributed by atoms with Crippen molar-refractivity contribution in [2.75, 3.05) is 6.54 Å². The van der Waals surface area contributed by atoms with E-state index < -0.39 is 6.04 Å². The Bertz CT molecular complexity index is 605. The van der Waals surface area contributed by atoms with Gasteiger partial charge in [-0.25, -0.2) is 4.68 Å². The van der Waals surface area contributed by atoms with Crippen LogP contribution in [0.2, 0.25) is 0 Å². The highest BCUT2D eigenvalue weighted by Gasteiger charge is 2.15. The fourth-order valence-corrected chi connectivity index (χ4v) is 1.86. The predicted octanol–water partition coefficient (Wildman–Crippen LogP) is 1.13. The van der Waals surface area contributed by atoms with E-state index in [-0.39, 0.29) is 11.8 Å². The summed E-state index contributed by atoms with van der Waals surface area (Å²) >= 11 is 0. The minimum absolute atomic E-state index is 0.195. The van der Waals surface area contributed by atoms with E-state index in [1.165, 1.54) is 0 Å². The molecule has 2 N–H and O–H groups in total. The Hall–Kier alpha value is -2.63. The molecule has 1 heterocycles. The van der Waals surface area contributed by atoms with Crippen LogP contribution in [0.25, 0.3) is 5.69 Å². The molecule has 0 spiro atoms. The first-order valence-corrected chi connectivity index (χ1v) is 6.80. The van der Waals surface area contributed by atoms with E-state index in [9.17, 15) is 9.59 Å². The lowest BCUT2D eigenvalue weighted by Gasteiger charge is -2.13. The monoisotopic (exact) mass is 286 g/mol. The van der Waals surface area contributed by atoms with Crippen molar-refractivity contribution in [1.82, 2.24) is 20.4 Å². The highest BCUT2D eigenvalue weighted by atomic mass is 16.2. The maximum atomic E-state index is 12.0. The number of likely N-dealkylation sites (N-methyl/N-ethyl adjacent to an activating group) is 1. The van der Waals surface area contributed by atoms with Crippen LogP contribution >= 0.6 is 0 Å². The van der Waals surface area contributed by atoms with Crippen molar-refractivity contribution in [1.29, 1.82) is 0 Å². The molecule has 0 bridgehead atoms. The highest BCUT2D eigenvalue weighted by Crippen LogP contribution is 2.08. The number of hydrogen-bond acceptors (Lipinski definition) is 3. The molecule has 1 atom stereocenters. The Labute approximate surface area is 123 Å². The van der Waals surface area contributed by atoms with Gasteiger partial charge in [0, 0.05) is 24.5 Å². The Morgan fingerprint density at radius 3 is 2.57 bits per heavy atom. The van der Waals surface area contributed by atoms with Crippen LogP contribution in [0.15, 0.2) is 42.7 Å². The topological polar surface area (TPSA) is 76.0 Å². The van der Waals surface area contributed by atoms with Crippen molar-refractivity contribution in [3.05, 3.63) is 48.3 Å². The molecule has 0 saturated heterocycles. The second kappa shape index (κ2) is 6.69. The molecule has 0 aliphatic heterocycles. The second-order valence-electron chi connectivity index (χ2n) is 4.59. The summed E-state index contributed by atoms with van der Waals surface area (Å²) in [7, 11) is 0. The molecule has 21 heavy (non-hydrogen) atoms. The summed E-state index contributed by atoms with van der Waals surface area (Å²) in [5, 5.41) is 9.44. The van der Waals surface area contributed by atoms with Gasteiger partial charge in [0.2, 0.25) is 5.91 Å². The molecule has 6 nitrogen and oxygen atoms in total. The van der Waals surface area contributed by atoms with Crippen molar-refractivity contribution >= 4 is 11.8 Å². The first kappa shape index (κ1) is 14.8. The number of carbonyl (C=O) groups is 2. The van der Waals surface area contributed by atoms with Gasteiger partial charge in [0.1, 0.15) is 6.04 Å². The SMILES string of the molecule is CCNC(=O)[C@H](C)NC(=O)c1ccc(-n2cccn2)cc1. The van der Waals surface area contributed by atoms with E-state index in [1.54, 1.807) is 42.1 Å². The van der Waals surface area contributed by atoms with Crippen LogP contribution in [0, 0.1) is 0 Å². The van der Waals surface area contributed by atoms with Gasteiger partial charge in [-0.15, -0.1) is 0 Å². The summed E-state index contributed by atoms with van der Waals surface area (Å²) in [4.78, 5) is 23.6. The van der Waals surface area contributed by atoms with Crippen LogP contribution in [0.4, 0.5) is 0 Å². The third kappa shape index (κ3) is 3.68. The summed E-state index contributed by atoms with van der Waals surface area (Å²) in [5.41, 5.74) is 1.37. The number of aromatic nitrogens is 2. The summed E-state index contributed by atoms with van der Waals surface area (Å²) in [5.74, 6) is -0.472. The van der Waals surface area contributed by atoms with Gasteiger partial charge in [0.05, 0.1) is 5.69 Å². The van der Waals surface area contributed by atoms with E-state index in [0.717, 1.165) is 5.69 Å². The van der Waals surface area contributed by atoms with Crippen LogP contribution in [-0.2, 0) is 4.79 Å². The molecule has 0 aliphatic carbocycles. The minimum atomic E-state index is -0.566. The maximum Gasteiger partial charge on any atom is 0.251 e. The number of rotatable bonds is 5. The lowest BCUT2D eigenvalue weighted by atomic mass is 10.2. The number of hydrogen-bond donors (Lipinski definition) is 2. The van der Waals surface area contributed by atoms with Gasteiger partial charge < -0.3 is 10.6 Å². The van der Waals surface area contributed by atoms with Crippen LogP contribution in [0.3, 0.4) is 0 Å². The number of carbonyl (C=O) groups excluding carboxylic acids is 2. The molecule has 6 heteroatoms. The maximum absolute atomic E-state index is 12.0. The molecule has 0 unspecified atom stereocenters. The zero-order chi connectivity index (χ0) is 15.2. The van der Waals surface area contributed by atoms with Gasteiger partial charge in [-0.05, 0) is 44.2 Å². The Morgan fingerprint density at radius 1 is 1.29 bits per heavy atom. The Kier molecular flexibility index (Phi) is 4.71. The molecular formula is C15H18N4O2. The summed E-state index contributed by atoms with van der Waals surface area (Å²) < 4.78 is 1.71. The van der Waals surface area contributed by atoms with Gasteiger partial charge in [0.15, 0.2) is 0 Å². The van der Waals surface area contributed by atoms with Crippen molar-refractivity contribution < 1.29 is 9.59 Å². The molecule has 2 rings (SSSR count). The largest absolute Gasteiger partial charge is 0.355 e. The first-order valence-electron chi connectivity index (χ1n) is 6.80. The standard InChI is InChI=1S/C15H18N4O2/c1-3-16-14(20)11(2)18-15(21)12-5-7-13(8-6-12)19-10-4-9-17-19/h4-11H,3H2,1-2H3,(H,16,20)(H,18,21)/t11-/m0/s1. The van der Waals surface area contributed by atoms with Crippen LogP contribution in [0.1, 0.15) is 24.2 Å². The van der Waals surface area contributed by atoms with Gasteiger partial charge in [-0.1, -0.05) is 0 Å². The van der Waals surface area contributed by atoms with E-state index >= 15 is 0 Å². The molecule has 2 aromatic rings. The number of amides is 2. The molecule has 0 aliphatic rings. The highest BCUT2D eigenvalue weighted by molar-refractivity contribution is 5.97. The predicted molar refractivity (Wildman–Crippen MR) is 79.2 cm³/mol. The lowest BCUT2D eigenvalue weighted by molar-refractivity contribution is -0.122. The second-order valence-corrected chi connectivity index (χ2v) is 4.59. The minimum Gasteiger partial charge on any atom is -0.355 e. The van der Waals surface area contributed by atoms with Crippen LogP contribution in [0.5, 0.6) is 0 Å². The molecule has 1 aromatic heterocycles. The van der Waals surface area contributed by atoms with Crippen molar-refractivity contribution in [3.8, 4) is 5.69 Å². The summed E-state index contributed by atoms with van der Waals surface area (Å²) in [6, 6.07) is 8.28. The molecular weight excluding hydrogens is 268 g/mol. The zero-order valence-corrected chi connectivity index (χ0v) is 12.0. The molecule has 0 fully saturated rings. The van der Waals surface area contributed by atoms with Gasteiger partial charge in [0.25, 0.3) is 5.91 Å². The third-order valence-electron chi connectivity index (χ3n) is 2.99. The number of nitrogens with one attached hydrogen (secondary N) is 2. The van der Waals surface area contributed by atoms with Gasteiger partial charge in [-0.3, -0.25) is 9.59 Å². The van der Waals surface area contributed by atoms with Crippen LogP contribution < -0.4 is 10.6 Å². The summed E-state index contributed by atoms with van der Waals surface area (Å²) in [6.07, 6.45) is 3.51. The molecule has 1 aromatic carbocycles. The van der Waals surface area contributed by atoms with Gasteiger partial charge >= 0.3 is 0 Å². The smallest absolute Gasteiger partial charge is 0.251 e. The Balaban J connectivity index is 2.02. The number of benzene rings is 1. The third-order valence-corrected chi connectivity index (χ3v) is 2.99. The lowest BCUT2D eigenvalue weighted by Crippen LogP contribution is -2.44. The normalized spacial score (nSPS) is 11.7. The average Bonchev–Trinajstić information content (AvgIpc) is 3.01. The van der Waals surface area contributed by atoms with E-state index in [2.05, 4.69) is 15.7 Å². The molecule has 0 saturated carbocycles. The molecule has 2 amide bonds. The Morgan fingerprint density at radius 2 is 2.00 bits per heavy atom. The first-order chi connectivity index (χ1) is 10.1. The molecule has 110 valence electrons. The van der Waals surface area contributed by atoms with Crippen molar-refractivity contribution in [3.63, 3.8) is 0 Å². The van der Waals surface area contributed by atoms with E-state index in [1.807, 2.05) is 19.2 Å². The van der Waals surface area contributed by atoms with Crippen molar-refractivity contribution in [2.24, 2.45) is 0 Å². The van der Waals surface area contributed by atoms with E-state index in [0.29, 0.717) is 12.1 Å². The fraction of sp³-hybridized carbons (Fsp3) is 0.267. The fourth-order valence-electron chi connectivity index (χ4n) is 1.86. The quantitative estimate of drug-likeness (QED) is 0.865.